The molecule has 60 heavy (non-hydrogen) atoms. The molecule has 1 aliphatic rings. The standard InChI is InChI=1S/C45H55ClN6O8/c1-28-33(11-10-12-35(28)50-41(54)36-17-13-29(24-48-36)25-51(21-22-57-8)42(55)59-44(2,3)4)34-19-20-47-40(39(34)46)30-14-15-31(37(23-30)58-9)26-52(43(56)60-45(5,6)7)27-32-16-18-38(53)49-32/h10-15,17,19-20,23-24,32H,16,18,21-22,25-27H2,1-9H3,(H,49,53)(H,50,54)/t32-/m0/s1. The molecule has 5 rings (SSSR count). The molecule has 1 fully saturated rings. The molecule has 1 saturated heterocycles. The number of pyridine rings is 2. The summed E-state index contributed by atoms with van der Waals surface area (Å²) in [4.78, 5) is 63.6. The van der Waals surface area contributed by atoms with Gasteiger partial charge in [0, 0.05) is 67.4 Å². The van der Waals surface area contributed by atoms with E-state index in [9.17, 15) is 19.2 Å². The number of halogens is 1. The van der Waals surface area contributed by atoms with Crippen molar-refractivity contribution in [2.75, 3.05) is 39.2 Å². The molecule has 2 aromatic heterocycles. The minimum absolute atomic E-state index is 0.0375. The van der Waals surface area contributed by atoms with E-state index in [0.717, 1.165) is 22.3 Å². The average molecular weight is 843 g/mol. The second-order valence-electron chi connectivity index (χ2n) is 16.6. The van der Waals surface area contributed by atoms with Crippen LogP contribution in [0.5, 0.6) is 5.75 Å². The van der Waals surface area contributed by atoms with Crippen LogP contribution in [0, 0.1) is 6.92 Å². The van der Waals surface area contributed by atoms with Crippen LogP contribution >= 0.6 is 11.6 Å². The number of amides is 4. The van der Waals surface area contributed by atoms with Gasteiger partial charge in [-0.25, -0.2) is 9.59 Å². The predicted octanol–water partition coefficient (Wildman–Crippen LogP) is 8.43. The van der Waals surface area contributed by atoms with Crippen molar-refractivity contribution in [2.24, 2.45) is 0 Å². The number of nitrogens with one attached hydrogen (secondary N) is 2. The van der Waals surface area contributed by atoms with E-state index in [1.807, 2.05) is 64.1 Å². The maximum atomic E-state index is 13.4. The van der Waals surface area contributed by atoms with Crippen molar-refractivity contribution in [3.8, 4) is 28.1 Å². The van der Waals surface area contributed by atoms with Crippen LogP contribution in [0.15, 0.2) is 67.0 Å². The molecule has 0 saturated carbocycles. The van der Waals surface area contributed by atoms with Crippen molar-refractivity contribution in [3.63, 3.8) is 0 Å². The molecule has 4 amide bonds. The Labute approximate surface area is 356 Å². The van der Waals surface area contributed by atoms with E-state index >= 15 is 0 Å². The Morgan fingerprint density at radius 2 is 1.62 bits per heavy atom. The van der Waals surface area contributed by atoms with Gasteiger partial charge in [0.2, 0.25) is 5.91 Å². The number of methoxy groups -OCH3 is 2. The summed E-state index contributed by atoms with van der Waals surface area (Å²) in [7, 11) is 3.12. The third-order valence-corrected chi connectivity index (χ3v) is 9.89. The highest BCUT2D eigenvalue weighted by molar-refractivity contribution is 6.35. The largest absolute Gasteiger partial charge is 0.496 e. The number of aromatic nitrogens is 2. The lowest BCUT2D eigenvalue weighted by Gasteiger charge is -2.29. The minimum Gasteiger partial charge on any atom is -0.496 e. The van der Waals surface area contributed by atoms with Gasteiger partial charge in [-0.3, -0.25) is 19.6 Å². The first kappa shape index (κ1) is 45.4. The topological polar surface area (TPSA) is 162 Å². The minimum atomic E-state index is -0.705. The van der Waals surface area contributed by atoms with Crippen molar-refractivity contribution < 1.29 is 38.1 Å². The van der Waals surface area contributed by atoms with Crippen LogP contribution in [0.2, 0.25) is 5.02 Å². The first-order chi connectivity index (χ1) is 28.3. The lowest BCUT2D eigenvalue weighted by Crippen LogP contribution is -2.43. The molecule has 15 heteroatoms. The molecular formula is C45H55ClN6O8. The van der Waals surface area contributed by atoms with Crippen LogP contribution in [0.1, 0.15) is 81.6 Å². The molecule has 320 valence electrons. The zero-order valence-corrected chi connectivity index (χ0v) is 36.6. The molecule has 1 atom stereocenters. The van der Waals surface area contributed by atoms with Gasteiger partial charge < -0.3 is 39.4 Å². The SMILES string of the molecule is COCCN(Cc1ccc(C(=O)Nc2cccc(-c3ccnc(-c4ccc(CN(C[C@@H]5CCC(=O)N5)C(=O)OC(C)(C)C)c(OC)c4)c3Cl)c2C)nc1)C(=O)OC(C)(C)C. The maximum absolute atomic E-state index is 13.4. The van der Waals surface area contributed by atoms with Gasteiger partial charge in [0.05, 0.1) is 37.5 Å². The summed E-state index contributed by atoms with van der Waals surface area (Å²) in [6, 6.07) is 16.1. The van der Waals surface area contributed by atoms with E-state index in [1.165, 1.54) is 4.90 Å². The molecule has 3 heterocycles. The third-order valence-electron chi connectivity index (χ3n) is 9.51. The number of carbonyl (C=O) groups is 4. The van der Waals surface area contributed by atoms with E-state index in [-0.39, 0.29) is 37.3 Å². The molecule has 0 unspecified atom stereocenters. The first-order valence-electron chi connectivity index (χ1n) is 19.8. The maximum Gasteiger partial charge on any atom is 0.410 e. The van der Waals surface area contributed by atoms with Gasteiger partial charge in [-0.05, 0) is 95.8 Å². The Balaban J connectivity index is 1.33. The number of hydrogen-bond acceptors (Lipinski definition) is 10. The Bertz CT molecular complexity index is 2180. The molecule has 1 aliphatic heterocycles. The van der Waals surface area contributed by atoms with Crippen LogP contribution in [-0.2, 0) is 32.1 Å². The molecule has 0 aliphatic carbocycles. The van der Waals surface area contributed by atoms with Crippen molar-refractivity contribution in [1.29, 1.82) is 0 Å². The highest BCUT2D eigenvalue weighted by atomic mass is 35.5. The number of hydrogen-bond donors (Lipinski definition) is 2. The molecule has 4 aromatic rings. The van der Waals surface area contributed by atoms with Gasteiger partial charge >= 0.3 is 12.2 Å². The first-order valence-corrected chi connectivity index (χ1v) is 20.2. The van der Waals surface area contributed by atoms with E-state index in [2.05, 4.69) is 20.6 Å². The van der Waals surface area contributed by atoms with Gasteiger partial charge in [-0.15, -0.1) is 0 Å². The second-order valence-corrected chi connectivity index (χ2v) is 17.0. The quantitative estimate of drug-likeness (QED) is 0.126. The zero-order valence-electron chi connectivity index (χ0n) is 35.8. The number of ether oxygens (including phenoxy) is 4. The van der Waals surface area contributed by atoms with Crippen molar-refractivity contribution >= 4 is 41.3 Å². The molecule has 14 nitrogen and oxygen atoms in total. The lowest BCUT2D eigenvalue weighted by molar-refractivity contribution is -0.119. The summed E-state index contributed by atoms with van der Waals surface area (Å²) in [5.41, 5.74) is 4.36. The van der Waals surface area contributed by atoms with Crippen molar-refractivity contribution in [3.05, 3.63) is 94.4 Å². The number of nitrogens with zero attached hydrogens (tertiary/aromatic N) is 4. The average Bonchev–Trinajstić information content (AvgIpc) is 3.60. The lowest BCUT2D eigenvalue weighted by atomic mass is 9.97. The number of benzene rings is 2. The van der Waals surface area contributed by atoms with Crippen LogP contribution in [0.3, 0.4) is 0 Å². The van der Waals surface area contributed by atoms with Crippen LogP contribution in [0.25, 0.3) is 22.4 Å². The third kappa shape index (κ3) is 12.2. The summed E-state index contributed by atoms with van der Waals surface area (Å²) in [6.07, 6.45) is 3.32. The smallest absolute Gasteiger partial charge is 0.410 e. The van der Waals surface area contributed by atoms with Crippen molar-refractivity contribution in [2.45, 2.75) is 91.6 Å². The fourth-order valence-corrected chi connectivity index (χ4v) is 6.90. The van der Waals surface area contributed by atoms with E-state index < -0.39 is 29.3 Å². The van der Waals surface area contributed by atoms with Gasteiger partial charge in [0.25, 0.3) is 5.91 Å². The molecule has 2 N–H and O–H groups in total. The summed E-state index contributed by atoms with van der Waals surface area (Å²) in [5, 5.41) is 6.31. The Kier molecular flexibility index (Phi) is 14.8. The van der Waals surface area contributed by atoms with Crippen LogP contribution in [0.4, 0.5) is 15.3 Å². The monoisotopic (exact) mass is 842 g/mol. The summed E-state index contributed by atoms with van der Waals surface area (Å²) < 4.78 is 22.3. The number of carbonyl (C=O) groups excluding carboxylic acids is 4. The number of anilines is 1. The van der Waals surface area contributed by atoms with Gasteiger partial charge in [-0.1, -0.05) is 41.9 Å². The number of rotatable bonds is 14. The van der Waals surface area contributed by atoms with Gasteiger partial charge in [0.1, 0.15) is 22.6 Å². The summed E-state index contributed by atoms with van der Waals surface area (Å²) in [6.45, 7) is 14.1. The zero-order chi connectivity index (χ0) is 43.8. The summed E-state index contributed by atoms with van der Waals surface area (Å²) >= 11 is 7.12. The fourth-order valence-electron chi connectivity index (χ4n) is 6.58. The van der Waals surface area contributed by atoms with Gasteiger partial charge in [0.15, 0.2) is 0 Å². The molecule has 0 bridgehead atoms. The molecule has 0 spiro atoms. The van der Waals surface area contributed by atoms with E-state index in [1.54, 1.807) is 70.5 Å². The Morgan fingerprint density at radius 3 is 2.23 bits per heavy atom. The normalized spacial score (nSPS) is 14.0. The van der Waals surface area contributed by atoms with E-state index in [0.29, 0.717) is 59.3 Å². The summed E-state index contributed by atoms with van der Waals surface area (Å²) in [5.74, 6) is 0.0790. The predicted molar refractivity (Wildman–Crippen MR) is 230 cm³/mol. The van der Waals surface area contributed by atoms with Crippen molar-refractivity contribution in [1.82, 2.24) is 25.1 Å². The second kappa shape index (κ2) is 19.6. The van der Waals surface area contributed by atoms with Crippen LogP contribution in [-0.4, -0.2) is 94.9 Å². The molecular weight excluding hydrogens is 788 g/mol. The Hall–Kier alpha value is -5.73. The highest BCUT2D eigenvalue weighted by Gasteiger charge is 2.29. The highest BCUT2D eigenvalue weighted by Crippen LogP contribution is 2.39. The fraction of sp³-hybridized carbons (Fsp3) is 0.422. The van der Waals surface area contributed by atoms with E-state index in [4.69, 9.17) is 30.5 Å². The van der Waals surface area contributed by atoms with Gasteiger partial charge in [-0.2, -0.15) is 0 Å². The molecule has 2 aromatic carbocycles. The van der Waals surface area contributed by atoms with Crippen LogP contribution < -0.4 is 15.4 Å². The Morgan fingerprint density at radius 1 is 0.900 bits per heavy atom. The molecule has 0 radical (unpaired) electrons.